The van der Waals surface area contributed by atoms with Gasteiger partial charge >= 0.3 is 5.97 Å². The molecule has 1 fully saturated rings. The summed E-state index contributed by atoms with van der Waals surface area (Å²) in [4.78, 5) is 11.4. The second-order valence-electron chi connectivity index (χ2n) is 4.32. The summed E-state index contributed by atoms with van der Waals surface area (Å²) in [5, 5.41) is 0. The number of ether oxygens (including phenoxy) is 2. The molecule has 0 bridgehead atoms. The van der Waals surface area contributed by atoms with Crippen LogP contribution in [0.2, 0.25) is 0 Å². The lowest BCUT2D eigenvalue weighted by Gasteiger charge is -2.08. The average Bonchev–Trinajstić information content (AvgIpc) is 3.14. The molecule has 4 nitrogen and oxygen atoms in total. The molecule has 0 aromatic heterocycles. The largest absolute Gasteiger partial charge is 0.494 e. The second-order valence-corrected chi connectivity index (χ2v) is 4.32. The van der Waals surface area contributed by atoms with Crippen LogP contribution in [0.4, 0.5) is 5.69 Å². The molecule has 0 aliphatic heterocycles. The molecular formula is C13H17NO3. The topological polar surface area (TPSA) is 61.5 Å². The standard InChI is InChI=1S/C13H17NO3/c1-16-13(15)11-8-10(4-5-12(11)14)17-7-6-9-2-3-9/h4-5,8-9H,2-3,6-7,14H2,1H3. The Balaban J connectivity index is 1.98. The molecule has 2 N–H and O–H groups in total. The van der Waals surface area contributed by atoms with Crippen molar-refractivity contribution in [1.82, 2.24) is 0 Å². The van der Waals surface area contributed by atoms with Crippen molar-refractivity contribution >= 4 is 11.7 Å². The van der Waals surface area contributed by atoms with E-state index < -0.39 is 5.97 Å². The first-order valence-corrected chi connectivity index (χ1v) is 5.81. The molecule has 0 spiro atoms. The van der Waals surface area contributed by atoms with Crippen molar-refractivity contribution in [3.63, 3.8) is 0 Å². The molecule has 1 aromatic carbocycles. The molecule has 1 aliphatic carbocycles. The van der Waals surface area contributed by atoms with E-state index >= 15 is 0 Å². The first-order chi connectivity index (χ1) is 8.20. The summed E-state index contributed by atoms with van der Waals surface area (Å²) in [7, 11) is 1.34. The summed E-state index contributed by atoms with van der Waals surface area (Å²) in [5.74, 6) is 1.07. The van der Waals surface area contributed by atoms with Gasteiger partial charge in [-0.25, -0.2) is 4.79 Å². The second kappa shape index (κ2) is 5.08. The van der Waals surface area contributed by atoms with Crippen LogP contribution in [0.3, 0.4) is 0 Å². The third kappa shape index (κ3) is 3.12. The van der Waals surface area contributed by atoms with Crippen molar-refractivity contribution in [3.8, 4) is 5.75 Å². The number of esters is 1. The Morgan fingerprint density at radius 2 is 2.24 bits per heavy atom. The number of methoxy groups -OCH3 is 1. The predicted molar refractivity (Wildman–Crippen MR) is 65.0 cm³/mol. The van der Waals surface area contributed by atoms with Crippen LogP contribution in [0.5, 0.6) is 5.75 Å². The van der Waals surface area contributed by atoms with E-state index in [0.29, 0.717) is 23.6 Å². The van der Waals surface area contributed by atoms with E-state index in [-0.39, 0.29) is 0 Å². The van der Waals surface area contributed by atoms with Crippen molar-refractivity contribution in [3.05, 3.63) is 23.8 Å². The third-order valence-electron chi connectivity index (χ3n) is 2.92. The van der Waals surface area contributed by atoms with Gasteiger partial charge in [0.15, 0.2) is 0 Å². The van der Waals surface area contributed by atoms with Gasteiger partial charge in [0, 0.05) is 5.69 Å². The number of anilines is 1. The van der Waals surface area contributed by atoms with E-state index in [9.17, 15) is 4.79 Å². The Labute approximate surface area is 101 Å². The minimum absolute atomic E-state index is 0.358. The van der Waals surface area contributed by atoms with Crippen LogP contribution >= 0.6 is 0 Å². The molecule has 1 aromatic rings. The SMILES string of the molecule is COC(=O)c1cc(OCCC2CC2)ccc1N. The Kier molecular flexibility index (Phi) is 3.52. The lowest BCUT2D eigenvalue weighted by molar-refractivity contribution is 0.0601. The number of carbonyl (C=O) groups excluding carboxylic acids is 1. The average molecular weight is 235 g/mol. The van der Waals surface area contributed by atoms with Crippen molar-refractivity contribution in [2.24, 2.45) is 5.92 Å². The van der Waals surface area contributed by atoms with Crippen molar-refractivity contribution in [1.29, 1.82) is 0 Å². The molecule has 0 saturated heterocycles. The normalized spacial score (nSPS) is 14.4. The zero-order valence-electron chi connectivity index (χ0n) is 9.94. The quantitative estimate of drug-likeness (QED) is 0.628. The lowest BCUT2D eigenvalue weighted by atomic mass is 10.1. The van der Waals surface area contributed by atoms with Gasteiger partial charge in [-0.1, -0.05) is 12.8 Å². The van der Waals surface area contributed by atoms with Gasteiger partial charge in [-0.2, -0.15) is 0 Å². The summed E-state index contributed by atoms with van der Waals surface area (Å²) < 4.78 is 10.2. The fraction of sp³-hybridized carbons (Fsp3) is 0.462. The fourth-order valence-corrected chi connectivity index (χ4v) is 1.66. The van der Waals surface area contributed by atoms with Gasteiger partial charge < -0.3 is 15.2 Å². The van der Waals surface area contributed by atoms with E-state index in [1.54, 1.807) is 18.2 Å². The molecule has 0 radical (unpaired) electrons. The molecule has 92 valence electrons. The first-order valence-electron chi connectivity index (χ1n) is 5.81. The predicted octanol–water partition coefficient (Wildman–Crippen LogP) is 2.23. The van der Waals surface area contributed by atoms with Gasteiger partial charge in [-0.05, 0) is 30.5 Å². The Morgan fingerprint density at radius 1 is 1.47 bits per heavy atom. The number of carbonyl (C=O) groups is 1. The van der Waals surface area contributed by atoms with Gasteiger partial charge in [0.05, 0.1) is 19.3 Å². The van der Waals surface area contributed by atoms with Crippen LogP contribution in [0.15, 0.2) is 18.2 Å². The van der Waals surface area contributed by atoms with E-state index in [1.807, 2.05) is 0 Å². The van der Waals surface area contributed by atoms with Gasteiger partial charge in [0.2, 0.25) is 0 Å². The number of rotatable bonds is 5. The molecule has 0 amide bonds. The van der Waals surface area contributed by atoms with Gasteiger partial charge in [0.1, 0.15) is 5.75 Å². The zero-order chi connectivity index (χ0) is 12.3. The van der Waals surface area contributed by atoms with Crippen molar-refractivity contribution < 1.29 is 14.3 Å². The zero-order valence-corrected chi connectivity index (χ0v) is 9.94. The summed E-state index contributed by atoms with van der Waals surface area (Å²) in [5.41, 5.74) is 6.46. The van der Waals surface area contributed by atoms with Crippen LogP contribution in [0.1, 0.15) is 29.6 Å². The third-order valence-corrected chi connectivity index (χ3v) is 2.92. The van der Waals surface area contributed by atoms with Crippen LogP contribution in [-0.4, -0.2) is 19.7 Å². The highest BCUT2D eigenvalue weighted by Gasteiger charge is 2.20. The molecular weight excluding hydrogens is 218 g/mol. The molecule has 1 aliphatic rings. The monoisotopic (exact) mass is 235 g/mol. The van der Waals surface area contributed by atoms with Crippen molar-refractivity contribution in [2.45, 2.75) is 19.3 Å². The molecule has 1 saturated carbocycles. The molecule has 4 heteroatoms. The van der Waals surface area contributed by atoms with Crippen LogP contribution < -0.4 is 10.5 Å². The maximum atomic E-state index is 11.4. The molecule has 0 heterocycles. The smallest absolute Gasteiger partial charge is 0.340 e. The van der Waals surface area contributed by atoms with E-state index in [0.717, 1.165) is 12.3 Å². The molecule has 0 atom stereocenters. The number of hydrogen-bond acceptors (Lipinski definition) is 4. The first kappa shape index (κ1) is 11.8. The summed E-state index contributed by atoms with van der Waals surface area (Å²) in [6.45, 7) is 0.690. The number of hydrogen-bond donors (Lipinski definition) is 1. The highest BCUT2D eigenvalue weighted by Crippen LogP contribution is 2.32. The van der Waals surface area contributed by atoms with Crippen molar-refractivity contribution in [2.75, 3.05) is 19.5 Å². The van der Waals surface area contributed by atoms with E-state index in [1.165, 1.54) is 20.0 Å². The van der Waals surface area contributed by atoms with E-state index in [2.05, 4.69) is 4.74 Å². The van der Waals surface area contributed by atoms with Crippen LogP contribution in [-0.2, 0) is 4.74 Å². The summed E-state index contributed by atoms with van der Waals surface area (Å²) in [6, 6.07) is 5.07. The Hall–Kier alpha value is -1.71. The number of nitrogens with two attached hydrogens (primary N) is 1. The van der Waals surface area contributed by atoms with Gasteiger partial charge in [0.25, 0.3) is 0 Å². The Bertz CT molecular complexity index is 413. The maximum Gasteiger partial charge on any atom is 0.340 e. The van der Waals surface area contributed by atoms with Crippen LogP contribution in [0.25, 0.3) is 0 Å². The Morgan fingerprint density at radius 3 is 2.88 bits per heavy atom. The van der Waals surface area contributed by atoms with Gasteiger partial charge in [-0.15, -0.1) is 0 Å². The molecule has 2 rings (SSSR count). The van der Waals surface area contributed by atoms with E-state index in [4.69, 9.17) is 10.5 Å². The number of nitrogen functional groups attached to an aromatic ring is 1. The van der Waals surface area contributed by atoms with Gasteiger partial charge in [-0.3, -0.25) is 0 Å². The summed E-state index contributed by atoms with van der Waals surface area (Å²) >= 11 is 0. The highest BCUT2D eigenvalue weighted by molar-refractivity contribution is 5.95. The highest BCUT2D eigenvalue weighted by atomic mass is 16.5. The fourth-order valence-electron chi connectivity index (χ4n) is 1.66. The van der Waals surface area contributed by atoms with Crippen LogP contribution in [0, 0.1) is 5.92 Å². The number of benzene rings is 1. The molecule has 17 heavy (non-hydrogen) atoms. The lowest BCUT2D eigenvalue weighted by Crippen LogP contribution is -2.06. The summed E-state index contributed by atoms with van der Waals surface area (Å²) in [6.07, 6.45) is 3.72. The minimum Gasteiger partial charge on any atom is -0.494 e. The maximum absolute atomic E-state index is 11.4. The molecule has 0 unspecified atom stereocenters. The minimum atomic E-state index is -0.435.